The standard InChI is InChI=1S/C29H31Cl2N3O2S/c30-21-5-7-22(8-6-21)32-28-34(10-9-29-15-18-11-19(16-29)13-20(12-18)17-29)26(35)14-25(37-28)27(36)33-24-4-2-1-3-23(24)31/h1-8,18-20,25H,9-17H2,(H,33,36). The summed E-state index contributed by atoms with van der Waals surface area (Å²) < 4.78 is 0. The van der Waals surface area contributed by atoms with Crippen LogP contribution in [0.5, 0.6) is 0 Å². The second-order valence-corrected chi connectivity index (χ2v) is 13.4. The number of amides is 2. The molecule has 37 heavy (non-hydrogen) atoms. The van der Waals surface area contributed by atoms with Crippen molar-refractivity contribution in [2.24, 2.45) is 28.2 Å². The van der Waals surface area contributed by atoms with Crippen LogP contribution in [-0.4, -0.2) is 33.7 Å². The normalized spacial score (nSPS) is 31.7. The van der Waals surface area contributed by atoms with Crippen LogP contribution in [0.25, 0.3) is 0 Å². The van der Waals surface area contributed by atoms with Crippen molar-refractivity contribution in [3.05, 3.63) is 58.6 Å². The van der Waals surface area contributed by atoms with Crippen LogP contribution in [0.3, 0.4) is 0 Å². The number of hydrogen-bond acceptors (Lipinski definition) is 4. The minimum atomic E-state index is -0.578. The third-order valence-corrected chi connectivity index (χ3v) is 10.4. The van der Waals surface area contributed by atoms with E-state index < -0.39 is 5.25 Å². The summed E-state index contributed by atoms with van der Waals surface area (Å²) in [6.07, 6.45) is 9.29. The third-order valence-electron chi connectivity index (χ3n) is 8.65. The van der Waals surface area contributed by atoms with Crippen molar-refractivity contribution in [3.8, 4) is 0 Å². The van der Waals surface area contributed by atoms with Crippen LogP contribution in [0.4, 0.5) is 11.4 Å². The zero-order chi connectivity index (χ0) is 25.6. The molecule has 5 nitrogen and oxygen atoms in total. The van der Waals surface area contributed by atoms with E-state index in [1.165, 1.54) is 50.3 Å². The van der Waals surface area contributed by atoms with Crippen molar-refractivity contribution in [3.63, 3.8) is 0 Å². The van der Waals surface area contributed by atoms with E-state index in [9.17, 15) is 9.59 Å². The molecule has 1 heterocycles. The van der Waals surface area contributed by atoms with Gasteiger partial charge in [-0.3, -0.25) is 14.5 Å². The van der Waals surface area contributed by atoms with Crippen LogP contribution in [0, 0.1) is 23.2 Å². The number of benzene rings is 2. The molecule has 5 aliphatic rings. The van der Waals surface area contributed by atoms with E-state index in [1.807, 2.05) is 29.2 Å². The van der Waals surface area contributed by atoms with Crippen LogP contribution in [0.1, 0.15) is 51.4 Å². The zero-order valence-corrected chi connectivity index (χ0v) is 23.0. The number of aliphatic imine (C=N–C) groups is 1. The Morgan fingerprint density at radius 2 is 1.65 bits per heavy atom. The number of amidine groups is 1. The first kappa shape index (κ1) is 25.3. The summed E-state index contributed by atoms with van der Waals surface area (Å²) >= 11 is 13.7. The van der Waals surface area contributed by atoms with Gasteiger partial charge in [-0.1, -0.05) is 47.1 Å². The average molecular weight is 557 g/mol. The second kappa shape index (κ2) is 10.3. The largest absolute Gasteiger partial charge is 0.324 e. The highest BCUT2D eigenvalue weighted by atomic mass is 35.5. The molecule has 0 spiro atoms. The Hall–Kier alpha value is -2.02. The summed E-state index contributed by atoms with van der Waals surface area (Å²) in [6, 6.07) is 14.4. The van der Waals surface area contributed by atoms with Crippen LogP contribution >= 0.6 is 35.0 Å². The van der Waals surface area contributed by atoms with Crippen LogP contribution in [0.2, 0.25) is 10.0 Å². The number of carbonyl (C=O) groups excluding carboxylic acids is 2. The Labute approximate surface area is 232 Å². The molecule has 5 fully saturated rings. The predicted octanol–water partition coefficient (Wildman–Crippen LogP) is 7.56. The van der Waals surface area contributed by atoms with Gasteiger partial charge in [0.2, 0.25) is 11.8 Å². The lowest BCUT2D eigenvalue weighted by Gasteiger charge is -2.57. The number of nitrogens with zero attached hydrogens (tertiary/aromatic N) is 2. The molecule has 1 N–H and O–H groups in total. The number of halogens is 2. The molecule has 4 aliphatic carbocycles. The molecule has 2 aromatic carbocycles. The van der Waals surface area contributed by atoms with Crippen molar-refractivity contribution in [2.75, 3.05) is 11.9 Å². The molecule has 7 rings (SSSR count). The third kappa shape index (κ3) is 5.43. The molecular formula is C29H31Cl2N3O2S. The van der Waals surface area contributed by atoms with Crippen molar-refractivity contribution in [2.45, 2.75) is 56.6 Å². The lowest BCUT2D eigenvalue weighted by atomic mass is 9.49. The lowest BCUT2D eigenvalue weighted by Crippen LogP contribution is -2.50. The van der Waals surface area contributed by atoms with E-state index in [-0.39, 0.29) is 18.2 Å². The number of nitrogens with one attached hydrogen (secondary N) is 1. The van der Waals surface area contributed by atoms with Gasteiger partial charge >= 0.3 is 0 Å². The minimum absolute atomic E-state index is 0.0458. The molecular weight excluding hydrogens is 525 g/mol. The highest BCUT2D eigenvalue weighted by molar-refractivity contribution is 8.15. The molecule has 194 valence electrons. The molecule has 1 aliphatic heterocycles. The molecule has 1 atom stereocenters. The van der Waals surface area contributed by atoms with Crippen LogP contribution in [0.15, 0.2) is 53.5 Å². The summed E-state index contributed by atoms with van der Waals surface area (Å²) in [6.45, 7) is 0.656. The molecule has 4 saturated carbocycles. The van der Waals surface area contributed by atoms with Crippen molar-refractivity contribution < 1.29 is 9.59 Å². The van der Waals surface area contributed by atoms with Crippen molar-refractivity contribution in [1.82, 2.24) is 4.90 Å². The van der Waals surface area contributed by atoms with E-state index >= 15 is 0 Å². The quantitative estimate of drug-likeness (QED) is 0.400. The van der Waals surface area contributed by atoms with Gasteiger partial charge in [0.25, 0.3) is 0 Å². The van der Waals surface area contributed by atoms with Gasteiger partial charge in [-0.2, -0.15) is 0 Å². The fourth-order valence-corrected chi connectivity index (χ4v) is 8.84. The summed E-state index contributed by atoms with van der Waals surface area (Å²) in [5.74, 6) is 2.33. The van der Waals surface area contributed by atoms with Crippen LogP contribution in [-0.2, 0) is 9.59 Å². The van der Waals surface area contributed by atoms with Gasteiger partial charge in [0.05, 0.1) is 16.4 Å². The number of thioether (sulfide) groups is 1. The van der Waals surface area contributed by atoms with Gasteiger partial charge in [0, 0.05) is 18.0 Å². The first-order valence-corrected chi connectivity index (χ1v) is 14.9. The Morgan fingerprint density at radius 3 is 2.30 bits per heavy atom. The van der Waals surface area contributed by atoms with Crippen molar-refractivity contribution >= 4 is 63.3 Å². The molecule has 0 aromatic heterocycles. The van der Waals surface area contributed by atoms with Gasteiger partial charge in [-0.05, 0) is 105 Å². The average Bonchev–Trinajstić information content (AvgIpc) is 2.85. The van der Waals surface area contributed by atoms with Gasteiger partial charge in [-0.25, -0.2) is 4.99 Å². The number of hydrogen-bond donors (Lipinski definition) is 1. The second-order valence-electron chi connectivity index (χ2n) is 11.4. The summed E-state index contributed by atoms with van der Waals surface area (Å²) in [5, 5.41) is 4.00. The fourth-order valence-electron chi connectivity index (χ4n) is 7.41. The first-order chi connectivity index (χ1) is 17.9. The van der Waals surface area contributed by atoms with Gasteiger partial charge in [-0.15, -0.1) is 0 Å². The SMILES string of the molecule is O=C(Nc1ccccc1Cl)C1CC(=O)N(CCC23CC4CC(CC(C4)C2)C3)C(=Nc2ccc(Cl)cc2)S1. The molecule has 2 aromatic rings. The van der Waals surface area contributed by atoms with E-state index in [0.717, 1.165) is 24.2 Å². The highest BCUT2D eigenvalue weighted by Crippen LogP contribution is 2.61. The van der Waals surface area contributed by atoms with Crippen molar-refractivity contribution in [1.29, 1.82) is 0 Å². The van der Waals surface area contributed by atoms with Gasteiger partial charge in [0.1, 0.15) is 5.25 Å². The maximum atomic E-state index is 13.5. The topological polar surface area (TPSA) is 61.8 Å². The summed E-state index contributed by atoms with van der Waals surface area (Å²) in [4.78, 5) is 33.3. The van der Waals surface area contributed by atoms with Gasteiger partial charge < -0.3 is 5.32 Å². The minimum Gasteiger partial charge on any atom is -0.324 e. The van der Waals surface area contributed by atoms with Gasteiger partial charge in [0.15, 0.2) is 5.17 Å². The van der Waals surface area contributed by atoms with E-state index in [2.05, 4.69) is 5.32 Å². The Kier molecular flexibility index (Phi) is 7.02. The fraction of sp³-hybridized carbons (Fsp3) is 0.483. The maximum Gasteiger partial charge on any atom is 0.238 e. The Morgan fingerprint density at radius 1 is 1.00 bits per heavy atom. The molecule has 1 unspecified atom stereocenters. The highest BCUT2D eigenvalue weighted by Gasteiger charge is 2.51. The monoisotopic (exact) mass is 555 g/mol. The van der Waals surface area contributed by atoms with Crippen LogP contribution < -0.4 is 5.32 Å². The summed E-state index contributed by atoms with van der Waals surface area (Å²) in [5.41, 5.74) is 1.62. The van der Waals surface area contributed by atoms with E-state index in [1.54, 1.807) is 24.3 Å². The Balaban J connectivity index is 1.22. The maximum absolute atomic E-state index is 13.5. The molecule has 0 radical (unpaired) electrons. The number of carbonyl (C=O) groups is 2. The molecule has 8 heteroatoms. The lowest BCUT2D eigenvalue weighted by molar-refractivity contribution is -0.130. The zero-order valence-electron chi connectivity index (χ0n) is 20.7. The molecule has 4 bridgehead atoms. The van der Waals surface area contributed by atoms with E-state index in [4.69, 9.17) is 28.2 Å². The summed E-state index contributed by atoms with van der Waals surface area (Å²) in [7, 11) is 0. The van der Waals surface area contributed by atoms with E-state index in [0.29, 0.717) is 38.5 Å². The Bertz CT molecular complexity index is 1200. The predicted molar refractivity (Wildman–Crippen MR) is 152 cm³/mol. The smallest absolute Gasteiger partial charge is 0.238 e. The number of anilines is 1. The number of para-hydroxylation sites is 1. The molecule has 1 saturated heterocycles. The first-order valence-electron chi connectivity index (χ1n) is 13.2. The number of rotatable bonds is 6. The molecule has 2 amide bonds.